The van der Waals surface area contributed by atoms with Crippen LogP contribution in [0.1, 0.15) is 0 Å². The number of nitrogens with zero attached hydrogens (tertiary/aromatic N) is 1. The number of hydrogen-bond donors (Lipinski definition) is 1. The minimum atomic E-state index is -0.167. The van der Waals surface area contributed by atoms with E-state index in [4.69, 9.17) is 9.47 Å². The zero-order valence-corrected chi connectivity index (χ0v) is 12.0. The van der Waals surface area contributed by atoms with Crippen LogP contribution < -0.4 is 10.1 Å². The van der Waals surface area contributed by atoms with Crippen molar-refractivity contribution in [3.8, 4) is 17.6 Å². The van der Waals surface area contributed by atoms with Crippen LogP contribution in [0.25, 0.3) is 0 Å². The van der Waals surface area contributed by atoms with Crippen LogP contribution in [0.15, 0.2) is 30.3 Å². The van der Waals surface area contributed by atoms with Gasteiger partial charge in [-0.3, -0.25) is 9.69 Å². The first-order chi connectivity index (χ1) is 10.3. The number of hydrogen-bond acceptors (Lipinski definition) is 4. The Hall–Kier alpha value is -2.03. The third kappa shape index (κ3) is 6.30. The molecule has 1 N–H and O–H groups in total. The summed E-state index contributed by atoms with van der Waals surface area (Å²) in [6, 6.07) is 9.26. The highest BCUT2D eigenvalue weighted by molar-refractivity contribution is 5.77. The SMILES string of the molecule is O=C(COc1ccccc1)NCC#CCN1CCOCC1. The van der Waals surface area contributed by atoms with Gasteiger partial charge in [0.25, 0.3) is 5.91 Å². The van der Waals surface area contributed by atoms with Crippen molar-refractivity contribution in [1.29, 1.82) is 0 Å². The van der Waals surface area contributed by atoms with Crippen molar-refractivity contribution in [3.63, 3.8) is 0 Å². The number of para-hydroxylation sites is 1. The number of morpholine rings is 1. The van der Waals surface area contributed by atoms with Gasteiger partial charge in [0.2, 0.25) is 0 Å². The molecular formula is C16H20N2O3. The summed E-state index contributed by atoms with van der Waals surface area (Å²) < 4.78 is 10.6. The third-order valence-corrected chi connectivity index (χ3v) is 3.02. The van der Waals surface area contributed by atoms with Gasteiger partial charge in [0, 0.05) is 13.1 Å². The van der Waals surface area contributed by atoms with Crippen molar-refractivity contribution in [2.75, 3.05) is 46.0 Å². The zero-order chi connectivity index (χ0) is 14.8. The molecule has 112 valence electrons. The van der Waals surface area contributed by atoms with Gasteiger partial charge in [-0.15, -0.1) is 0 Å². The molecule has 1 aromatic rings. The van der Waals surface area contributed by atoms with Crippen molar-refractivity contribution in [1.82, 2.24) is 10.2 Å². The normalized spacial score (nSPS) is 14.9. The lowest BCUT2D eigenvalue weighted by molar-refractivity contribution is -0.122. The molecule has 21 heavy (non-hydrogen) atoms. The molecule has 0 bridgehead atoms. The van der Waals surface area contributed by atoms with E-state index in [1.807, 2.05) is 30.3 Å². The van der Waals surface area contributed by atoms with Gasteiger partial charge in [-0.2, -0.15) is 0 Å². The molecule has 5 heteroatoms. The smallest absolute Gasteiger partial charge is 0.258 e. The van der Waals surface area contributed by atoms with Crippen LogP contribution in [0.5, 0.6) is 5.75 Å². The van der Waals surface area contributed by atoms with E-state index in [0.29, 0.717) is 12.3 Å². The standard InChI is InChI=1S/C16H20N2O3/c19-16(14-21-15-6-2-1-3-7-15)17-8-4-5-9-18-10-12-20-13-11-18/h1-3,6-7H,8-14H2,(H,17,19). The quantitative estimate of drug-likeness (QED) is 0.803. The monoisotopic (exact) mass is 288 g/mol. The van der Waals surface area contributed by atoms with Gasteiger partial charge >= 0.3 is 0 Å². The highest BCUT2D eigenvalue weighted by Crippen LogP contribution is 2.07. The van der Waals surface area contributed by atoms with E-state index in [0.717, 1.165) is 32.8 Å². The van der Waals surface area contributed by atoms with Crippen LogP contribution in [0.2, 0.25) is 0 Å². The second-order valence-corrected chi connectivity index (χ2v) is 4.62. The fraction of sp³-hybridized carbons (Fsp3) is 0.438. The van der Waals surface area contributed by atoms with Crippen molar-refractivity contribution >= 4 is 5.91 Å². The molecule has 0 spiro atoms. The minimum Gasteiger partial charge on any atom is -0.484 e. The van der Waals surface area contributed by atoms with Crippen LogP contribution in [-0.2, 0) is 9.53 Å². The minimum absolute atomic E-state index is 0.00908. The second-order valence-electron chi connectivity index (χ2n) is 4.62. The maximum absolute atomic E-state index is 11.6. The van der Waals surface area contributed by atoms with Crippen molar-refractivity contribution < 1.29 is 14.3 Å². The Balaban J connectivity index is 1.56. The summed E-state index contributed by atoms with van der Waals surface area (Å²) in [6.45, 7) is 4.47. The summed E-state index contributed by atoms with van der Waals surface area (Å²) >= 11 is 0. The summed E-state index contributed by atoms with van der Waals surface area (Å²) in [4.78, 5) is 13.8. The molecule has 0 aromatic heterocycles. The van der Waals surface area contributed by atoms with Crippen LogP contribution >= 0.6 is 0 Å². The number of amides is 1. The molecule has 0 saturated carbocycles. The molecule has 1 aliphatic rings. The van der Waals surface area contributed by atoms with Gasteiger partial charge in [0.05, 0.1) is 26.3 Å². The lowest BCUT2D eigenvalue weighted by atomic mass is 10.3. The molecule has 0 aliphatic carbocycles. The Morgan fingerprint density at radius 2 is 2.00 bits per heavy atom. The number of carbonyl (C=O) groups is 1. The molecule has 0 atom stereocenters. The van der Waals surface area contributed by atoms with Crippen LogP contribution in [0, 0.1) is 11.8 Å². The number of carbonyl (C=O) groups excluding carboxylic acids is 1. The van der Waals surface area contributed by atoms with Crippen molar-refractivity contribution in [2.45, 2.75) is 0 Å². The lowest BCUT2D eigenvalue weighted by Gasteiger charge is -2.24. The van der Waals surface area contributed by atoms with Gasteiger partial charge < -0.3 is 14.8 Å². The predicted molar refractivity (Wildman–Crippen MR) is 80.0 cm³/mol. The number of nitrogens with one attached hydrogen (secondary N) is 1. The molecule has 1 amide bonds. The molecule has 1 fully saturated rings. The van der Waals surface area contributed by atoms with Gasteiger partial charge in [-0.25, -0.2) is 0 Å². The molecule has 1 saturated heterocycles. The lowest BCUT2D eigenvalue weighted by Crippen LogP contribution is -2.36. The Kier molecular flexibility index (Phi) is 6.59. The maximum atomic E-state index is 11.6. The van der Waals surface area contributed by atoms with E-state index < -0.39 is 0 Å². The Morgan fingerprint density at radius 1 is 1.24 bits per heavy atom. The van der Waals surface area contributed by atoms with Gasteiger partial charge in [-0.1, -0.05) is 30.0 Å². The average Bonchev–Trinajstić information content (AvgIpc) is 2.54. The number of ether oxygens (including phenoxy) is 2. The summed E-state index contributed by atoms with van der Waals surface area (Å²) in [5.74, 6) is 6.51. The maximum Gasteiger partial charge on any atom is 0.258 e. The van der Waals surface area contributed by atoms with Gasteiger partial charge in [-0.05, 0) is 12.1 Å². The van der Waals surface area contributed by atoms with Crippen LogP contribution in [-0.4, -0.2) is 56.8 Å². The third-order valence-electron chi connectivity index (χ3n) is 3.02. The molecule has 0 unspecified atom stereocenters. The summed E-state index contributed by atoms with van der Waals surface area (Å²) in [7, 11) is 0. The second kappa shape index (κ2) is 9.01. The molecule has 1 aromatic carbocycles. The molecule has 1 heterocycles. The van der Waals surface area contributed by atoms with Crippen molar-refractivity contribution in [2.24, 2.45) is 0 Å². The topological polar surface area (TPSA) is 50.8 Å². The average molecular weight is 288 g/mol. The Labute approximate surface area is 125 Å². The largest absolute Gasteiger partial charge is 0.484 e. The zero-order valence-electron chi connectivity index (χ0n) is 12.0. The molecule has 1 aliphatic heterocycles. The first-order valence-electron chi connectivity index (χ1n) is 7.05. The van der Waals surface area contributed by atoms with Crippen LogP contribution in [0.3, 0.4) is 0 Å². The molecular weight excluding hydrogens is 268 g/mol. The molecule has 5 nitrogen and oxygen atoms in total. The van der Waals surface area contributed by atoms with E-state index in [1.54, 1.807) is 0 Å². The summed E-state index contributed by atoms with van der Waals surface area (Å²) in [5, 5.41) is 2.71. The predicted octanol–water partition coefficient (Wildman–Crippen LogP) is 0.517. The van der Waals surface area contributed by atoms with E-state index >= 15 is 0 Å². The first kappa shape index (κ1) is 15.4. The number of benzene rings is 1. The van der Waals surface area contributed by atoms with E-state index in [1.165, 1.54) is 0 Å². The highest BCUT2D eigenvalue weighted by Gasteiger charge is 2.07. The van der Waals surface area contributed by atoms with Gasteiger partial charge in [0.1, 0.15) is 5.75 Å². The molecule has 0 radical (unpaired) electrons. The Bertz CT molecular complexity index is 487. The fourth-order valence-corrected chi connectivity index (χ4v) is 1.85. The highest BCUT2D eigenvalue weighted by atomic mass is 16.5. The summed E-state index contributed by atoms with van der Waals surface area (Å²) in [6.07, 6.45) is 0. The van der Waals surface area contributed by atoms with Crippen molar-refractivity contribution in [3.05, 3.63) is 30.3 Å². The molecule has 2 rings (SSSR count). The van der Waals surface area contributed by atoms with E-state index in [9.17, 15) is 4.79 Å². The number of rotatable bonds is 5. The Morgan fingerprint density at radius 3 is 2.76 bits per heavy atom. The van der Waals surface area contributed by atoms with Crippen LogP contribution in [0.4, 0.5) is 0 Å². The van der Waals surface area contributed by atoms with E-state index in [2.05, 4.69) is 22.1 Å². The first-order valence-corrected chi connectivity index (χ1v) is 7.05. The van der Waals surface area contributed by atoms with Gasteiger partial charge in [0.15, 0.2) is 6.61 Å². The summed E-state index contributed by atoms with van der Waals surface area (Å²) in [5.41, 5.74) is 0. The fourth-order valence-electron chi connectivity index (χ4n) is 1.85. The van der Waals surface area contributed by atoms with E-state index in [-0.39, 0.29) is 12.5 Å².